The number of halogens is 3. The maximum atomic E-state index is 11.8. The SMILES string of the molecule is Cc1nc(NC(=O)NCC(F)(F)F)sc1C. The molecular weight excluding hydrogens is 243 g/mol. The molecule has 4 nitrogen and oxygen atoms in total. The number of aryl methyl sites for hydroxylation is 2. The summed E-state index contributed by atoms with van der Waals surface area (Å²) in [5.74, 6) is 0. The minimum Gasteiger partial charge on any atom is -0.329 e. The molecule has 0 aromatic carbocycles. The second kappa shape index (κ2) is 4.69. The lowest BCUT2D eigenvalue weighted by molar-refractivity contribution is -0.122. The van der Waals surface area contributed by atoms with Gasteiger partial charge in [0.25, 0.3) is 0 Å². The summed E-state index contributed by atoms with van der Waals surface area (Å²) in [6.07, 6.45) is -4.41. The van der Waals surface area contributed by atoms with Crippen LogP contribution in [0.25, 0.3) is 0 Å². The second-order valence-electron chi connectivity index (χ2n) is 3.08. The molecule has 0 atom stereocenters. The fraction of sp³-hybridized carbons (Fsp3) is 0.500. The summed E-state index contributed by atoms with van der Waals surface area (Å²) < 4.78 is 35.3. The number of hydrogen-bond donors (Lipinski definition) is 2. The van der Waals surface area contributed by atoms with E-state index in [4.69, 9.17) is 0 Å². The molecule has 1 aromatic rings. The number of nitrogens with one attached hydrogen (secondary N) is 2. The normalized spacial score (nSPS) is 11.3. The molecule has 1 heterocycles. The average molecular weight is 253 g/mol. The van der Waals surface area contributed by atoms with Gasteiger partial charge in [0, 0.05) is 4.88 Å². The van der Waals surface area contributed by atoms with Crippen LogP contribution in [0, 0.1) is 13.8 Å². The molecule has 1 aromatic heterocycles. The smallest absolute Gasteiger partial charge is 0.329 e. The highest BCUT2D eigenvalue weighted by atomic mass is 32.1. The first kappa shape index (κ1) is 12.8. The van der Waals surface area contributed by atoms with Crippen molar-refractivity contribution >= 4 is 22.5 Å². The second-order valence-corrected chi connectivity index (χ2v) is 4.29. The van der Waals surface area contributed by atoms with Crippen molar-refractivity contribution in [1.82, 2.24) is 10.3 Å². The number of rotatable bonds is 2. The maximum absolute atomic E-state index is 11.8. The Morgan fingerprint density at radius 1 is 1.44 bits per heavy atom. The molecule has 0 spiro atoms. The van der Waals surface area contributed by atoms with E-state index in [1.165, 1.54) is 11.3 Å². The Morgan fingerprint density at radius 3 is 2.50 bits per heavy atom. The van der Waals surface area contributed by atoms with Gasteiger partial charge in [0.15, 0.2) is 5.13 Å². The van der Waals surface area contributed by atoms with E-state index in [1.54, 1.807) is 12.2 Å². The van der Waals surface area contributed by atoms with Gasteiger partial charge in [-0.1, -0.05) is 0 Å². The van der Waals surface area contributed by atoms with E-state index in [9.17, 15) is 18.0 Å². The van der Waals surface area contributed by atoms with Crippen LogP contribution in [0.5, 0.6) is 0 Å². The third-order valence-electron chi connectivity index (χ3n) is 1.70. The lowest BCUT2D eigenvalue weighted by atomic mass is 10.4. The number of carbonyl (C=O) groups is 1. The minimum atomic E-state index is -4.41. The van der Waals surface area contributed by atoms with Gasteiger partial charge >= 0.3 is 12.2 Å². The monoisotopic (exact) mass is 253 g/mol. The summed E-state index contributed by atoms with van der Waals surface area (Å²) >= 11 is 1.21. The molecule has 0 saturated carbocycles. The number of amides is 2. The topological polar surface area (TPSA) is 54.0 Å². The number of hydrogen-bond acceptors (Lipinski definition) is 3. The predicted octanol–water partition coefficient (Wildman–Crippen LogP) is 2.44. The third kappa shape index (κ3) is 4.05. The fourth-order valence-corrected chi connectivity index (χ4v) is 1.66. The Hall–Kier alpha value is -1.31. The zero-order chi connectivity index (χ0) is 12.3. The first-order chi connectivity index (χ1) is 7.28. The lowest BCUT2D eigenvalue weighted by Gasteiger charge is -2.07. The largest absolute Gasteiger partial charge is 0.405 e. The molecule has 2 amide bonds. The van der Waals surface area contributed by atoms with Crippen molar-refractivity contribution in [1.29, 1.82) is 0 Å². The zero-order valence-corrected chi connectivity index (χ0v) is 9.42. The van der Waals surface area contributed by atoms with Crippen molar-refractivity contribution in [2.75, 3.05) is 11.9 Å². The number of anilines is 1. The van der Waals surface area contributed by atoms with Gasteiger partial charge in [-0.2, -0.15) is 13.2 Å². The lowest BCUT2D eigenvalue weighted by Crippen LogP contribution is -2.36. The highest BCUT2D eigenvalue weighted by molar-refractivity contribution is 7.15. The van der Waals surface area contributed by atoms with Gasteiger partial charge in [-0.05, 0) is 13.8 Å². The molecule has 0 unspecified atom stereocenters. The van der Waals surface area contributed by atoms with Crippen LogP contribution in [-0.4, -0.2) is 23.7 Å². The van der Waals surface area contributed by atoms with Gasteiger partial charge in [-0.3, -0.25) is 5.32 Å². The Labute approximate surface area is 93.9 Å². The van der Waals surface area contributed by atoms with Crippen LogP contribution in [-0.2, 0) is 0 Å². The molecule has 16 heavy (non-hydrogen) atoms. The van der Waals surface area contributed by atoms with Crippen molar-refractivity contribution < 1.29 is 18.0 Å². The third-order valence-corrected chi connectivity index (χ3v) is 2.69. The van der Waals surface area contributed by atoms with Gasteiger partial charge in [-0.25, -0.2) is 9.78 Å². The van der Waals surface area contributed by atoms with E-state index in [0.29, 0.717) is 0 Å². The van der Waals surface area contributed by atoms with E-state index in [-0.39, 0.29) is 5.13 Å². The summed E-state index contributed by atoms with van der Waals surface area (Å²) in [6.45, 7) is 2.21. The van der Waals surface area contributed by atoms with E-state index in [0.717, 1.165) is 10.6 Å². The number of aromatic nitrogens is 1. The van der Waals surface area contributed by atoms with Crippen LogP contribution in [0.1, 0.15) is 10.6 Å². The fourth-order valence-electron chi connectivity index (χ4n) is 0.848. The van der Waals surface area contributed by atoms with Crippen LogP contribution >= 0.6 is 11.3 Å². The summed E-state index contributed by atoms with van der Waals surface area (Å²) in [7, 11) is 0. The van der Waals surface area contributed by atoms with Crippen LogP contribution < -0.4 is 10.6 Å². The molecule has 0 saturated heterocycles. The van der Waals surface area contributed by atoms with Gasteiger partial charge in [-0.15, -0.1) is 11.3 Å². The molecule has 0 aliphatic heterocycles. The molecule has 1 rings (SSSR count). The predicted molar refractivity (Wildman–Crippen MR) is 54.7 cm³/mol. The van der Waals surface area contributed by atoms with E-state index >= 15 is 0 Å². The van der Waals surface area contributed by atoms with Gasteiger partial charge < -0.3 is 5.32 Å². The van der Waals surface area contributed by atoms with Crippen molar-refractivity contribution in [2.45, 2.75) is 20.0 Å². The average Bonchev–Trinajstić information content (AvgIpc) is 2.41. The Kier molecular flexibility index (Phi) is 3.74. The van der Waals surface area contributed by atoms with E-state index < -0.39 is 18.8 Å². The molecule has 90 valence electrons. The number of urea groups is 1. The van der Waals surface area contributed by atoms with Crippen LogP contribution in [0.3, 0.4) is 0 Å². The van der Waals surface area contributed by atoms with Gasteiger partial charge in [0.1, 0.15) is 6.54 Å². The van der Waals surface area contributed by atoms with Crippen molar-refractivity contribution in [3.8, 4) is 0 Å². The van der Waals surface area contributed by atoms with Crippen molar-refractivity contribution in [3.05, 3.63) is 10.6 Å². The van der Waals surface area contributed by atoms with Crippen LogP contribution in [0.15, 0.2) is 0 Å². The van der Waals surface area contributed by atoms with Gasteiger partial charge in [0.05, 0.1) is 5.69 Å². The quantitative estimate of drug-likeness (QED) is 0.850. The van der Waals surface area contributed by atoms with Crippen LogP contribution in [0.4, 0.5) is 23.1 Å². The van der Waals surface area contributed by atoms with Crippen molar-refractivity contribution in [3.63, 3.8) is 0 Å². The van der Waals surface area contributed by atoms with E-state index in [2.05, 4.69) is 10.3 Å². The first-order valence-electron chi connectivity index (χ1n) is 4.33. The summed E-state index contributed by atoms with van der Waals surface area (Å²) in [5.41, 5.74) is 0.746. The molecular formula is C8H10F3N3OS. The first-order valence-corrected chi connectivity index (χ1v) is 5.15. The number of carbonyl (C=O) groups excluding carboxylic acids is 1. The standard InChI is InChI=1S/C8H10F3N3OS/c1-4-5(2)16-7(13-4)14-6(15)12-3-8(9,10)11/h3H2,1-2H3,(H2,12,13,14,15). The minimum absolute atomic E-state index is 0.287. The molecule has 0 aliphatic rings. The molecule has 0 aliphatic carbocycles. The number of alkyl halides is 3. The number of nitrogens with zero attached hydrogens (tertiary/aromatic N) is 1. The highest BCUT2D eigenvalue weighted by Crippen LogP contribution is 2.20. The molecule has 8 heteroatoms. The van der Waals surface area contributed by atoms with E-state index in [1.807, 2.05) is 6.92 Å². The highest BCUT2D eigenvalue weighted by Gasteiger charge is 2.27. The van der Waals surface area contributed by atoms with Crippen LogP contribution in [0.2, 0.25) is 0 Å². The molecule has 2 N–H and O–H groups in total. The summed E-state index contributed by atoms with van der Waals surface area (Å²) in [6, 6.07) is -0.911. The summed E-state index contributed by atoms with van der Waals surface area (Å²) in [4.78, 5) is 15.9. The number of thiazole rings is 1. The summed E-state index contributed by atoms with van der Waals surface area (Å²) in [5, 5.41) is 4.21. The maximum Gasteiger partial charge on any atom is 0.405 e. The van der Waals surface area contributed by atoms with Crippen molar-refractivity contribution in [2.24, 2.45) is 0 Å². The Morgan fingerprint density at radius 2 is 2.06 bits per heavy atom. The zero-order valence-electron chi connectivity index (χ0n) is 8.60. The molecule has 0 radical (unpaired) electrons. The molecule has 0 bridgehead atoms. The Balaban J connectivity index is 2.46. The molecule has 0 fully saturated rings. The Bertz CT molecular complexity index is 369. The van der Waals surface area contributed by atoms with Gasteiger partial charge in [0.2, 0.25) is 0 Å².